The molecule has 0 spiro atoms. The first-order valence-electron chi connectivity index (χ1n) is 9.93. The number of carbonyl (C=O) groups is 4. The maximum absolute atomic E-state index is 12.8. The van der Waals surface area contributed by atoms with Gasteiger partial charge >= 0.3 is 6.03 Å². The van der Waals surface area contributed by atoms with Crippen molar-refractivity contribution < 1.29 is 24.1 Å². The highest BCUT2D eigenvalue weighted by atomic mass is 16.2. The highest BCUT2D eigenvalue weighted by Gasteiger charge is 2.33. The van der Waals surface area contributed by atoms with Crippen LogP contribution in [0.25, 0.3) is 0 Å². The Hall–Kier alpha value is -3.72. The van der Waals surface area contributed by atoms with Gasteiger partial charge in [0, 0.05) is 30.9 Å². The summed E-state index contributed by atoms with van der Waals surface area (Å²) in [5, 5.41) is 10.1. The number of amides is 5. The molecular weight excluding hydrogens is 398 g/mol. The lowest BCUT2D eigenvalue weighted by Crippen LogP contribution is -3.14. The van der Waals surface area contributed by atoms with Crippen LogP contribution in [0, 0.1) is 0 Å². The summed E-state index contributed by atoms with van der Waals surface area (Å²) in [4.78, 5) is 48.9. The molecule has 1 unspecified atom stereocenters. The third-order valence-electron chi connectivity index (χ3n) is 4.60. The molecule has 0 aliphatic heterocycles. The van der Waals surface area contributed by atoms with Crippen LogP contribution in [0.5, 0.6) is 0 Å². The van der Waals surface area contributed by atoms with Crippen molar-refractivity contribution in [3.05, 3.63) is 60.2 Å². The van der Waals surface area contributed by atoms with Gasteiger partial charge < -0.3 is 20.9 Å². The molecular formula is C22H28N5O4+. The van der Waals surface area contributed by atoms with Crippen LogP contribution in [0.3, 0.4) is 0 Å². The number of benzene rings is 2. The van der Waals surface area contributed by atoms with Gasteiger partial charge in [-0.25, -0.2) is 4.79 Å². The van der Waals surface area contributed by atoms with Gasteiger partial charge in [-0.2, -0.15) is 0 Å². The summed E-state index contributed by atoms with van der Waals surface area (Å²) in [6.07, 6.45) is 0. The molecule has 9 heteroatoms. The zero-order chi connectivity index (χ0) is 22.8. The number of likely N-dealkylation sites (N-methyl/N-ethyl adjacent to an activating group) is 1. The van der Waals surface area contributed by atoms with Gasteiger partial charge in [0.05, 0.1) is 6.54 Å². The minimum absolute atomic E-state index is 0.0185. The highest BCUT2D eigenvalue weighted by molar-refractivity contribution is 5.97. The summed E-state index contributed by atoms with van der Waals surface area (Å²) in [6, 6.07) is 14.4. The summed E-state index contributed by atoms with van der Waals surface area (Å²) in [5.74, 6) is -0.950. The Balaban J connectivity index is 2.14. The van der Waals surface area contributed by atoms with Gasteiger partial charge in [-0.15, -0.1) is 0 Å². The summed E-state index contributed by atoms with van der Waals surface area (Å²) >= 11 is 0. The van der Waals surface area contributed by atoms with Crippen LogP contribution in [0.1, 0.15) is 25.5 Å². The SMILES string of the molecule is CC[NH+](CC(=O)Nc1ccc(NC(C)=O)cc1)[C@H](C(=O)NC(=O)NC)c1ccccc1. The Labute approximate surface area is 181 Å². The number of quaternary nitrogens is 1. The fourth-order valence-electron chi connectivity index (χ4n) is 3.15. The van der Waals surface area contributed by atoms with Gasteiger partial charge in [0.1, 0.15) is 0 Å². The Bertz CT molecular complexity index is 915. The molecule has 31 heavy (non-hydrogen) atoms. The molecule has 0 aliphatic carbocycles. The van der Waals surface area contributed by atoms with Crippen molar-refractivity contribution in [3.63, 3.8) is 0 Å². The normalized spacial score (nSPS) is 12.2. The van der Waals surface area contributed by atoms with Gasteiger partial charge in [0.2, 0.25) is 5.91 Å². The number of nitrogens with one attached hydrogen (secondary N) is 5. The number of imide groups is 1. The molecule has 0 aromatic heterocycles. The lowest BCUT2D eigenvalue weighted by molar-refractivity contribution is -0.912. The Morgan fingerprint density at radius 2 is 1.48 bits per heavy atom. The molecule has 2 aromatic carbocycles. The molecule has 0 saturated carbocycles. The van der Waals surface area contributed by atoms with Crippen LogP contribution in [0.4, 0.5) is 16.2 Å². The van der Waals surface area contributed by atoms with Gasteiger partial charge in [-0.05, 0) is 31.2 Å². The monoisotopic (exact) mass is 426 g/mol. The van der Waals surface area contributed by atoms with Gasteiger partial charge in [-0.1, -0.05) is 30.3 Å². The van der Waals surface area contributed by atoms with Crippen LogP contribution in [-0.2, 0) is 14.4 Å². The molecule has 5 N–H and O–H groups in total. The molecule has 9 nitrogen and oxygen atoms in total. The van der Waals surface area contributed by atoms with Crippen molar-refractivity contribution in [3.8, 4) is 0 Å². The third kappa shape index (κ3) is 7.23. The van der Waals surface area contributed by atoms with Crippen molar-refractivity contribution in [2.75, 3.05) is 30.8 Å². The van der Waals surface area contributed by atoms with Crippen LogP contribution in [0.15, 0.2) is 54.6 Å². The fourth-order valence-corrected chi connectivity index (χ4v) is 3.15. The number of hydrogen-bond acceptors (Lipinski definition) is 4. The molecule has 0 fully saturated rings. The molecule has 2 atom stereocenters. The van der Waals surface area contributed by atoms with Crippen LogP contribution in [-0.4, -0.2) is 43.9 Å². The average Bonchev–Trinajstić information content (AvgIpc) is 2.74. The molecule has 0 bridgehead atoms. The maximum atomic E-state index is 12.8. The minimum Gasteiger partial charge on any atom is -0.341 e. The maximum Gasteiger partial charge on any atom is 0.321 e. The van der Waals surface area contributed by atoms with Crippen LogP contribution in [0.2, 0.25) is 0 Å². The molecule has 5 amide bonds. The second-order valence-corrected chi connectivity index (χ2v) is 6.91. The van der Waals surface area contributed by atoms with Crippen molar-refractivity contribution in [2.45, 2.75) is 19.9 Å². The van der Waals surface area contributed by atoms with E-state index in [-0.39, 0.29) is 18.4 Å². The van der Waals surface area contributed by atoms with Gasteiger partial charge in [0.15, 0.2) is 12.6 Å². The van der Waals surface area contributed by atoms with Crippen molar-refractivity contribution in [1.82, 2.24) is 10.6 Å². The van der Waals surface area contributed by atoms with E-state index in [1.807, 2.05) is 13.0 Å². The molecule has 0 aliphatic rings. The summed E-state index contributed by atoms with van der Waals surface area (Å²) in [7, 11) is 1.43. The first-order valence-corrected chi connectivity index (χ1v) is 9.93. The van der Waals surface area contributed by atoms with E-state index in [9.17, 15) is 19.2 Å². The van der Waals surface area contributed by atoms with E-state index < -0.39 is 18.0 Å². The Morgan fingerprint density at radius 3 is 2.00 bits per heavy atom. The number of rotatable bonds is 8. The van der Waals surface area contributed by atoms with Crippen molar-refractivity contribution >= 4 is 35.1 Å². The standard InChI is InChI=1S/C22H27N5O4/c1-4-27(14-19(29)25-18-12-10-17(11-13-18)24-15(2)28)20(16-8-6-5-7-9-16)21(30)26-22(31)23-3/h5-13,20H,4,14H2,1-3H3,(H,24,28)(H,25,29)(H2,23,26,30,31)/p+1/t20-/m0/s1. The molecule has 0 heterocycles. The van der Waals surface area contributed by atoms with E-state index in [4.69, 9.17) is 0 Å². The smallest absolute Gasteiger partial charge is 0.321 e. The van der Waals surface area contributed by atoms with Crippen molar-refractivity contribution in [1.29, 1.82) is 0 Å². The fraction of sp³-hybridized carbons (Fsp3) is 0.273. The molecule has 0 saturated heterocycles. The number of hydrogen-bond donors (Lipinski definition) is 5. The van der Waals surface area contributed by atoms with E-state index in [0.29, 0.717) is 28.4 Å². The van der Waals surface area contributed by atoms with Crippen LogP contribution < -0.4 is 26.2 Å². The van der Waals surface area contributed by atoms with E-state index in [1.165, 1.54) is 14.0 Å². The van der Waals surface area contributed by atoms with Crippen LogP contribution >= 0.6 is 0 Å². The summed E-state index contributed by atoms with van der Waals surface area (Å²) < 4.78 is 0. The third-order valence-corrected chi connectivity index (χ3v) is 4.60. The molecule has 2 aromatic rings. The lowest BCUT2D eigenvalue weighted by atomic mass is 10.0. The molecule has 0 radical (unpaired) electrons. The average molecular weight is 426 g/mol. The predicted octanol–water partition coefficient (Wildman–Crippen LogP) is 0.685. The van der Waals surface area contributed by atoms with E-state index in [2.05, 4.69) is 21.3 Å². The van der Waals surface area contributed by atoms with E-state index in [0.717, 1.165) is 0 Å². The zero-order valence-electron chi connectivity index (χ0n) is 17.8. The van der Waals surface area contributed by atoms with E-state index in [1.54, 1.807) is 48.5 Å². The van der Waals surface area contributed by atoms with E-state index >= 15 is 0 Å². The van der Waals surface area contributed by atoms with Crippen molar-refractivity contribution in [2.24, 2.45) is 0 Å². The first-order chi connectivity index (χ1) is 14.8. The number of urea groups is 1. The quantitative estimate of drug-likeness (QED) is 0.426. The minimum atomic E-state index is -0.739. The Morgan fingerprint density at radius 1 is 0.903 bits per heavy atom. The largest absolute Gasteiger partial charge is 0.341 e. The lowest BCUT2D eigenvalue weighted by Gasteiger charge is -2.26. The van der Waals surface area contributed by atoms with Gasteiger partial charge in [0.25, 0.3) is 11.8 Å². The first kappa shape index (κ1) is 23.6. The zero-order valence-corrected chi connectivity index (χ0v) is 17.8. The molecule has 164 valence electrons. The predicted molar refractivity (Wildman–Crippen MR) is 118 cm³/mol. The molecule has 2 rings (SSSR count). The second kappa shape index (κ2) is 11.5. The summed E-state index contributed by atoms with van der Waals surface area (Å²) in [6.45, 7) is 3.79. The Kier molecular flexibility index (Phi) is 8.71. The second-order valence-electron chi connectivity index (χ2n) is 6.91. The highest BCUT2D eigenvalue weighted by Crippen LogP contribution is 2.13. The number of anilines is 2. The topological polar surface area (TPSA) is 121 Å². The van der Waals surface area contributed by atoms with Gasteiger partial charge in [-0.3, -0.25) is 19.7 Å². The summed E-state index contributed by atoms with van der Waals surface area (Å²) in [5.41, 5.74) is 1.90. The number of carbonyl (C=O) groups excluding carboxylic acids is 4.